The van der Waals surface area contributed by atoms with E-state index in [1.807, 2.05) is 38.1 Å². The first kappa shape index (κ1) is 28.3. The van der Waals surface area contributed by atoms with Crippen molar-refractivity contribution in [3.05, 3.63) is 83.3 Å². The standard InChI is InChI=1S/C30H30F3N3O5/c1-17(2)13-23-28(39)34-27(20-14-18-7-3-4-8-19(18)15-20)29(40)36(23)35(22-9-5-6-10-24(22)37)26(38)16-21-11-12-25(41-21)30(31,32)33/h3-12,17,20,23,27,37H,13-16H2,1-2H3,(H,34,39)/t23-,27-/m1/s1. The second kappa shape index (κ2) is 10.9. The third-order valence-electron chi connectivity index (χ3n) is 7.46. The summed E-state index contributed by atoms with van der Waals surface area (Å²) in [5, 5.41) is 15.6. The van der Waals surface area contributed by atoms with Crippen molar-refractivity contribution in [3.63, 3.8) is 0 Å². The minimum atomic E-state index is -4.74. The van der Waals surface area contributed by atoms with Gasteiger partial charge in [-0.25, -0.2) is 10.0 Å². The number of hydrazine groups is 1. The van der Waals surface area contributed by atoms with Gasteiger partial charge in [0.2, 0.25) is 11.7 Å². The molecule has 2 heterocycles. The Morgan fingerprint density at radius 2 is 1.68 bits per heavy atom. The monoisotopic (exact) mass is 569 g/mol. The molecule has 2 N–H and O–H groups in total. The Kier molecular flexibility index (Phi) is 7.54. The number of hydrogen-bond acceptors (Lipinski definition) is 5. The summed E-state index contributed by atoms with van der Waals surface area (Å²) >= 11 is 0. The highest BCUT2D eigenvalue weighted by Crippen LogP contribution is 2.36. The number of furan rings is 1. The summed E-state index contributed by atoms with van der Waals surface area (Å²) < 4.78 is 44.3. The lowest BCUT2D eigenvalue weighted by atomic mass is 9.91. The Morgan fingerprint density at radius 1 is 1.05 bits per heavy atom. The molecule has 1 saturated heterocycles. The van der Waals surface area contributed by atoms with E-state index >= 15 is 0 Å². The summed E-state index contributed by atoms with van der Waals surface area (Å²) in [6.45, 7) is 3.73. The molecule has 1 aliphatic heterocycles. The Bertz CT molecular complexity index is 1440. The molecule has 0 unspecified atom stereocenters. The second-order valence-corrected chi connectivity index (χ2v) is 10.9. The molecular weight excluding hydrogens is 539 g/mol. The zero-order chi connectivity index (χ0) is 29.5. The highest BCUT2D eigenvalue weighted by molar-refractivity contribution is 6.04. The zero-order valence-corrected chi connectivity index (χ0v) is 22.5. The van der Waals surface area contributed by atoms with Gasteiger partial charge in [0.05, 0.1) is 6.42 Å². The normalized spacial score (nSPS) is 19.4. The van der Waals surface area contributed by atoms with E-state index in [4.69, 9.17) is 4.42 Å². The minimum absolute atomic E-state index is 0.0610. The van der Waals surface area contributed by atoms with E-state index in [0.717, 1.165) is 33.3 Å². The molecule has 1 fully saturated rings. The molecule has 11 heteroatoms. The molecule has 5 rings (SSSR count). The number of nitrogens with zero attached hydrogens (tertiary/aromatic N) is 2. The summed E-state index contributed by atoms with van der Waals surface area (Å²) in [7, 11) is 0. The van der Waals surface area contributed by atoms with Crippen molar-refractivity contribution in [1.82, 2.24) is 10.3 Å². The quantitative estimate of drug-likeness (QED) is 0.431. The van der Waals surface area contributed by atoms with E-state index in [-0.39, 0.29) is 35.5 Å². The SMILES string of the molecule is CC(C)C[C@@H]1C(=O)N[C@H](C2Cc3ccccc3C2)C(=O)N1N(C(=O)Cc1ccc(C(F)(F)F)o1)c1ccccc1O. The lowest BCUT2D eigenvalue weighted by Crippen LogP contribution is -2.70. The Labute approximate surface area is 234 Å². The number of carbonyl (C=O) groups excluding carboxylic acids is 3. The predicted molar refractivity (Wildman–Crippen MR) is 142 cm³/mol. The highest BCUT2D eigenvalue weighted by Gasteiger charge is 2.49. The molecule has 0 saturated carbocycles. The van der Waals surface area contributed by atoms with Crippen LogP contribution in [0.4, 0.5) is 18.9 Å². The van der Waals surface area contributed by atoms with Crippen LogP contribution < -0.4 is 10.3 Å². The maximum atomic E-state index is 14.3. The van der Waals surface area contributed by atoms with E-state index < -0.39 is 48.2 Å². The minimum Gasteiger partial charge on any atom is -0.506 e. The molecule has 2 aliphatic rings. The lowest BCUT2D eigenvalue weighted by molar-refractivity contribution is -0.155. The molecule has 0 bridgehead atoms. The molecular formula is C30H30F3N3O5. The Morgan fingerprint density at radius 3 is 2.27 bits per heavy atom. The number of amides is 3. The molecule has 8 nitrogen and oxygen atoms in total. The van der Waals surface area contributed by atoms with E-state index in [9.17, 15) is 32.7 Å². The summed E-state index contributed by atoms with van der Waals surface area (Å²) in [5.74, 6) is -4.06. The van der Waals surface area contributed by atoms with E-state index in [1.165, 1.54) is 18.2 Å². The largest absolute Gasteiger partial charge is 0.506 e. The number of anilines is 1. The van der Waals surface area contributed by atoms with Crippen LogP contribution in [0.15, 0.2) is 65.1 Å². The van der Waals surface area contributed by atoms with Gasteiger partial charge in [0.25, 0.3) is 11.8 Å². The summed E-state index contributed by atoms with van der Waals surface area (Å²) in [5.41, 5.74) is 2.06. The van der Waals surface area contributed by atoms with Gasteiger partial charge in [-0.2, -0.15) is 13.2 Å². The third kappa shape index (κ3) is 5.66. The van der Waals surface area contributed by atoms with Gasteiger partial charge >= 0.3 is 6.18 Å². The number of aromatic hydroxyl groups is 1. The van der Waals surface area contributed by atoms with E-state index in [1.54, 1.807) is 6.07 Å². The summed E-state index contributed by atoms with van der Waals surface area (Å²) in [4.78, 5) is 41.7. The fourth-order valence-electron chi connectivity index (χ4n) is 5.62. The number of halogens is 3. The van der Waals surface area contributed by atoms with Crippen molar-refractivity contribution in [3.8, 4) is 5.75 Å². The van der Waals surface area contributed by atoms with E-state index in [2.05, 4.69) is 5.32 Å². The maximum Gasteiger partial charge on any atom is 0.449 e. The molecule has 1 aromatic heterocycles. The average molecular weight is 570 g/mol. The molecule has 0 spiro atoms. The molecule has 2 aromatic carbocycles. The number of hydrogen-bond donors (Lipinski definition) is 2. The highest BCUT2D eigenvalue weighted by atomic mass is 19.4. The van der Waals surface area contributed by atoms with Crippen LogP contribution in [0.5, 0.6) is 5.75 Å². The number of phenols is 1. The number of rotatable bonds is 7. The van der Waals surface area contributed by atoms with Crippen molar-refractivity contribution in [2.24, 2.45) is 11.8 Å². The van der Waals surface area contributed by atoms with Gasteiger partial charge in [0.15, 0.2) is 0 Å². The predicted octanol–water partition coefficient (Wildman–Crippen LogP) is 4.65. The van der Waals surface area contributed by atoms with Crippen LogP contribution in [-0.2, 0) is 39.8 Å². The van der Waals surface area contributed by atoms with Gasteiger partial charge in [-0.05, 0) is 66.5 Å². The number of piperazine rings is 1. The fraction of sp³-hybridized carbons (Fsp3) is 0.367. The smallest absolute Gasteiger partial charge is 0.449 e. The molecule has 1 aliphatic carbocycles. The van der Waals surface area contributed by atoms with Crippen LogP contribution in [0, 0.1) is 11.8 Å². The van der Waals surface area contributed by atoms with Crippen LogP contribution in [0.25, 0.3) is 0 Å². The van der Waals surface area contributed by atoms with Crippen molar-refractivity contribution in [1.29, 1.82) is 0 Å². The molecule has 216 valence electrons. The van der Waals surface area contributed by atoms with Crippen molar-refractivity contribution < 1.29 is 37.1 Å². The molecule has 41 heavy (non-hydrogen) atoms. The average Bonchev–Trinajstić information content (AvgIpc) is 3.56. The third-order valence-corrected chi connectivity index (χ3v) is 7.46. The number of phenolic OH excluding ortho intramolecular Hbond substituents is 1. The van der Waals surface area contributed by atoms with Gasteiger partial charge in [0.1, 0.15) is 29.3 Å². The summed E-state index contributed by atoms with van der Waals surface area (Å²) in [6, 6.07) is 13.3. The first-order chi connectivity index (χ1) is 19.4. The van der Waals surface area contributed by atoms with Gasteiger partial charge < -0.3 is 14.8 Å². The topological polar surface area (TPSA) is 103 Å². The summed E-state index contributed by atoms with van der Waals surface area (Å²) in [6.07, 6.45) is -4.09. The van der Waals surface area contributed by atoms with Crippen molar-refractivity contribution in [2.45, 2.75) is 57.8 Å². The van der Waals surface area contributed by atoms with Gasteiger partial charge in [-0.15, -0.1) is 0 Å². The van der Waals surface area contributed by atoms with Crippen LogP contribution in [0.3, 0.4) is 0 Å². The Hall–Kier alpha value is -4.28. The Balaban J connectivity index is 1.54. The second-order valence-electron chi connectivity index (χ2n) is 10.9. The lowest BCUT2D eigenvalue weighted by Gasteiger charge is -2.46. The number of carbonyl (C=O) groups is 3. The maximum absolute atomic E-state index is 14.3. The van der Waals surface area contributed by atoms with E-state index in [0.29, 0.717) is 12.8 Å². The van der Waals surface area contributed by atoms with Crippen LogP contribution in [-0.4, -0.2) is 39.9 Å². The van der Waals surface area contributed by atoms with Crippen molar-refractivity contribution >= 4 is 23.4 Å². The zero-order valence-electron chi connectivity index (χ0n) is 22.5. The number of alkyl halides is 3. The van der Waals surface area contributed by atoms with Crippen LogP contribution in [0.2, 0.25) is 0 Å². The van der Waals surface area contributed by atoms with Gasteiger partial charge in [-0.3, -0.25) is 14.4 Å². The van der Waals surface area contributed by atoms with Gasteiger partial charge in [-0.1, -0.05) is 50.2 Å². The molecule has 2 atom stereocenters. The van der Waals surface area contributed by atoms with Crippen LogP contribution >= 0.6 is 0 Å². The fourth-order valence-corrected chi connectivity index (χ4v) is 5.62. The number of fused-ring (bicyclic) bond motifs is 1. The number of para-hydroxylation sites is 2. The number of benzene rings is 2. The first-order valence-corrected chi connectivity index (χ1v) is 13.4. The molecule has 0 radical (unpaired) electrons. The molecule has 3 amide bonds. The number of nitrogens with one attached hydrogen (secondary N) is 1. The first-order valence-electron chi connectivity index (χ1n) is 13.4. The van der Waals surface area contributed by atoms with Crippen LogP contribution in [0.1, 0.15) is 42.9 Å². The van der Waals surface area contributed by atoms with Crippen molar-refractivity contribution in [2.75, 3.05) is 5.01 Å². The van der Waals surface area contributed by atoms with Gasteiger partial charge in [0, 0.05) is 0 Å². The molecule has 3 aromatic rings.